The molecule has 41 heavy (non-hydrogen) atoms. The number of aryl methyl sites for hydroxylation is 1. The second-order valence-electron chi connectivity index (χ2n) is 8.93. The Morgan fingerprint density at radius 2 is 2.00 bits per heavy atom. The maximum absolute atomic E-state index is 13.5. The van der Waals surface area contributed by atoms with Crippen LogP contribution in [0.25, 0.3) is 0 Å². The van der Waals surface area contributed by atoms with Gasteiger partial charge in [0.15, 0.2) is 10.4 Å². The van der Waals surface area contributed by atoms with Crippen molar-refractivity contribution in [1.82, 2.24) is 40.6 Å². The number of esters is 1. The van der Waals surface area contributed by atoms with E-state index < -0.39 is 65.9 Å². The Balaban J connectivity index is 1.36. The normalized spacial score (nSPS) is 29.5. The molecule has 2 amide bonds. The number of thioether (sulfide) groups is 2. The fourth-order valence-corrected chi connectivity index (χ4v) is 7.50. The summed E-state index contributed by atoms with van der Waals surface area (Å²) in [6.07, 6.45) is -8.68. The number of ether oxygens (including phenoxy) is 2. The molecule has 5 N–H and O–H groups in total. The van der Waals surface area contributed by atoms with Gasteiger partial charge in [-0.25, -0.2) is 14.3 Å². The number of carbonyl (C=O) groups is 4. The summed E-state index contributed by atoms with van der Waals surface area (Å²) in [6, 6.07) is -0.975. The number of rotatable bonds is 9. The molecular formula is C20H22N8O10S3. The number of hydrogen-bond donors (Lipinski definition) is 5. The molecule has 220 valence electrons. The first-order valence-corrected chi connectivity index (χ1v) is 14.6. The summed E-state index contributed by atoms with van der Waals surface area (Å²) in [6.45, 7) is 1.54. The van der Waals surface area contributed by atoms with Crippen LogP contribution in [0.5, 0.6) is 0 Å². The molecule has 5 rings (SSSR count). The van der Waals surface area contributed by atoms with E-state index in [1.54, 1.807) is 6.92 Å². The summed E-state index contributed by atoms with van der Waals surface area (Å²) in [4.78, 5) is 51.7. The third-order valence-corrected chi connectivity index (χ3v) is 9.57. The first-order chi connectivity index (χ1) is 19.5. The Morgan fingerprint density at radius 3 is 2.66 bits per heavy atom. The minimum atomic E-state index is -1.99. The minimum Gasteiger partial charge on any atom is -0.479 e. The summed E-state index contributed by atoms with van der Waals surface area (Å²) in [5, 5.41) is 60.7. The molecule has 0 saturated carbocycles. The van der Waals surface area contributed by atoms with E-state index in [-0.39, 0.29) is 23.7 Å². The van der Waals surface area contributed by atoms with Crippen LogP contribution < -0.4 is 5.32 Å². The number of aliphatic hydroxyl groups excluding tert-OH is 3. The van der Waals surface area contributed by atoms with Crippen LogP contribution in [0.4, 0.5) is 0 Å². The van der Waals surface area contributed by atoms with Gasteiger partial charge in [-0.2, -0.15) is 0 Å². The number of nitrogens with zero attached hydrogens (tertiary/aromatic N) is 7. The highest BCUT2D eigenvalue weighted by Gasteiger charge is 2.55. The first-order valence-electron chi connectivity index (χ1n) is 11.8. The van der Waals surface area contributed by atoms with Crippen molar-refractivity contribution in [2.45, 2.75) is 59.9 Å². The smallest absolute Gasteiger partial charge is 0.357 e. The number of carboxylic acids is 1. The van der Waals surface area contributed by atoms with Crippen LogP contribution in [-0.2, 0) is 35.2 Å². The highest BCUT2D eigenvalue weighted by atomic mass is 32.2. The van der Waals surface area contributed by atoms with Gasteiger partial charge in [0.2, 0.25) is 12.2 Å². The fraction of sp³-hybridized carbons (Fsp3) is 0.550. The predicted octanol–water partition coefficient (Wildman–Crippen LogP) is -3.29. The van der Waals surface area contributed by atoms with Crippen molar-refractivity contribution in [3.63, 3.8) is 0 Å². The van der Waals surface area contributed by atoms with Crippen molar-refractivity contribution in [1.29, 1.82) is 0 Å². The average Bonchev–Trinajstić information content (AvgIpc) is 3.61. The van der Waals surface area contributed by atoms with Crippen LogP contribution in [0.15, 0.2) is 21.9 Å². The quantitative estimate of drug-likeness (QED) is 0.103. The van der Waals surface area contributed by atoms with Crippen LogP contribution >= 0.6 is 34.9 Å². The molecule has 21 heteroatoms. The molecule has 7 atom stereocenters. The van der Waals surface area contributed by atoms with Crippen molar-refractivity contribution in [2.75, 3.05) is 11.5 Å². The van der Waals surface area contributed by atoms with Gasteiger partial charge in [0.25, 0.3) is 5.91 Å². The molecule has 2 aromatic rings. The van der Waals surface area contributed by atoms with E-state index in [1.807, 2.05) is 0 Å². The maximum atomic E-state index is 13.5. The Morgan fingerprint density at radius 1 is 1.22 bits per heavy atom. The number of aliphatic hydroxyl groups is 3. The van der Waals surface area contributed by atoms with Gasteiger partial charge >= 0.3 is 11.9 Å². The molecule has 2 saturated heterocycles. The summed E-state index contributed by atoms with van der Waals surface area (Å²) >= 11 is 3.90. The van der Waals surface area contributed by atoms with Crippen molar-refractivity contribution < 1.29 is 49.1 Å². The SMILES string of the molecule is Cc1nnc(SCC2=C(C(=O)OC3OC(C(=O)O)C(O)C(O)C3O)N3C(=O)[C@@H](NC(=O)Cn4cnnn4)[C@H]3SC2)s1. The van der Waals surface area contributed by atoms with Gasteiger partial charge in [-0.1, -0.05) is 23.1 Å². The fourth-order valence-electron chi connectivity index (χ4n) is 4.20. The number of aliphatic carboxylic acids is 1. The molecule has 0 aliphatic carbocycles. The van der Waals surface area contributed by atoms with E-state index in [4.69, 9.17) is 9.47 Å². The third-order valence-electron chi connectivity index (χ3n) is 6.17. The van der Waals surface area contributed by atoms with E-state index in [0.29, 0.717) is 9.91 Å². The van der Waals surface area contributed by atoms with Crippen molar-refractivity contribution in [3.8, 4) is 0 Å². The van der Waals surface area contributed by atoms with Crippen LogP contribution in [0.3, 0.4) is 0 Å². The average molecular weight is 631 g/mol. The Labute approximate surface area is 242 Å². The predicted molar refractivity (Wildman–Crippen MR) is 136 cm³/mol. The van der Waals surface area contributed by atoms with Crippen LogP contribution in [0.1, 0.15) is 5.01 Å². The molecule has 3 aliphatic rings. The summed E-state index contributed by atoms with van der Waals surface area (Å²) in [7, 11) is 0. The van der Waals surface area contributed by atoms with Crippen LogP contribution in [0, 0.1) is 6.92 Å². The Hall–Kier alpha value is -3.21. The lowest BCUT2D eigenvalue weighted by Gasteiger charge is -2.50. The highest BCUT2D eigenvalue weighted by Crippen LogP contribution is 2.42. The van der Waals surface area contributed by atoms with Crippen LogP contribution in [-0.4, -0.2) is 133 Å². The van der Waals surface area contributed by atoms with E-state index >= 15 is 0 Å². The molecule has 0 aromatic carbocycles. The third kappa shape index (κ3) is 5.91. The second-order valence-corrected chi connectivity index (χ2v) is 12.4. The van der Waals surface area contributed by atoms with E-state index in [2.05, 4.69) is 31.0 Å². The largest absolute Gasteiger partial charge is 0.479 e. The number of aromatic nitrogens is 6. The molecule has 2 fully saturated rings. The highest BCUT2D eigenvalue weighted by molar-refractivity contribution is 8.01. The number of carboxylic acid groups (broad SMARTS) is 1. The van der Waals surface area contributed by atoms with Gasteiger partial charge in [0, 0.05) is 11.5 Å². The molecule has 3 aliphatic heterocycles. The molecular weight excluding hydrogens is 608 g/mol. The number of β-lactam (4-membered cyclic amide) rings is 1. The minimum absolute atomic E-state index is 0.179. The zero-order valence-electron chi connectivity index (χ0n) is 20.8. The lowest BCUT2D eigenvalue weighted by atomic mass is 9.99. The zero-order chi connectivity index (χ0) is 29.4. The van der Waals surface area contributed by atoms with Crippen LogP contribution in [0.2, 0.25) is 0 Å². The lowest BCUT2D eigenvalue weighted by molar-refractivity contribution is -0.285. The summed E-state index contributed by atoms with van der Waals surface area (Å²) in [5.74, 6) is -3.49. The standard InChI is InChI=1S/C20H22N8O10S3/c1-6-23-24-20(41-6)40-4-7-3-39-16-9(22-8(29)2-27-5-21-25-26-27)15(33)28(16)10(7)18(36)38-19-13(32)11(30)12(31)14(37-19)17(34)35/h5,9,11-14,16,19,30-32H,2-4H2,1H3,(H,22,29)(H,34,35)/t9-,11?,12?,13?,14?,16-,19?/m1/s1. The molecule has 5 unspecified atom stereocenters. The van der Waals surface area contributed by atoms with Crippen molar-refractivity contribution in [2.24, 2.45) is 0 Å². The van der Waals surface area contributed by atoms with Gasteiger partial charge < -0.3 is 35.2 Å². The van der Waals surface area contributed by atoms with E-state index in [0.717, 1.165) is 9.91 Å². The summed E-state index contributed by atoms with van der Waals surface area (Å²) in [5.41, 5.74) is 0.281. The van der Waals surface area contributed by atoms with Gasteiger partial charge in [-0.05, 0) is 22.9 Å². The molecule has 0 bridgehead atoms. The van der Waals surface area contributed by atoms with Gasteiger partial charge in [-0.3, -0.25) is 14.5 Å². The molecule has 2 aromatic heterocycles. The second kappa shape index (κ2) is 12.0. The number of amides is 2. The number of tetrazole rings is 1. The van der Waals surface area contributed by atoms with Gasteiger partial charge in [0.05, 0.1) is 0 Å². The Kier molecular flexibility index (Phi) is 8.54. The Bertz CT molecular complexity index is 1370. The topological polar surface area (TPSA) is 252 Å². The number of carbonyl (C=O) groups excluding carboxylic acids is 3. The summed E-state index contributed by atoms with van der Waals surface area (Å²) < 4.78 is 12.1. The van der Waals surface area contributed by atoms with Gasteiger partial charge in [-0.15, -0.1) is 27.1 Å². The molecule has 0 spiro atoms. The zero-order valence-corrected chi connectivity index (χ0v) is 23.3. The number of fused-ring (bicyclic) bond motifs is 1. The van der Waals surface area contributed by atoms with E-state index in [9.17, 15) is 39.6 Å². The van der Waals surface area contributed by atoms with Crippen molar-refractivity contribution >= 4 is 58.6 Å². The molecule has 0 radical (unpaired) electrons. The van der Waals surface area contributed by atoms with Gasteiger partial charge in [0.1, 0.15) is 53.3 Å². The number of hydrogen-bond acceptors (Lipinski definition) is 17. The maximum Gasteiger partial charge on any atom is 0.357 e. The molecule has 18 nitrogen and oxygen atoms in total. The first kappa shape index (κ1) is 29.3. The number of nitrogens with one attached hydrogen (secondary N) is 1. The molecule has 5 heterocycles. The van der Waals surface area contributed by atoms with E-state index in [1.165, 1.54) is 45.9 Å². The van der Waals surface area contributed by atoms with Crippen molar-refractivity contribution in [3.05, 3.63) is 22.6 Å². The lowest BCUT2D eigenvalue weighted by Crippen LogP contribution is -2.71. The monoisotopic (exact) mass is 630 g/mol.